The molecule has 4 atom stereocenters. The Morgan fingerprint density at radius 2 is 1.65 bits per heavy atom. The Morgan fingerprint density at radius 3 is 2.22 bits per heavy atom. The SMILES string of the molecule is CC(O)CN(CC(O)CN1CC(C)OC(C)C1)C1CCCCC1. The van der Waals surface area contributed by atoms with E-state index in [0.29, 0.717) is 25.7 Å². The number of hydrogen-bond donors (Lipinski definition) is 2. The van der Waals surface area contributed by atoms with Crippen molar-refractivity contribution in [3.05, 3.63) is 0 Å². The van der Waals surface area contributed by atoms with E-state index in [-0.39, 0.29) is 24.4 Å². The number of aliphatic hydroxyl groups is 2. The van der Waals surface area contributed by atoms with Gasteiger partial charge < -0.3 is 14.9 Å². The molecule has 4 unspecified atom stereocenters. The van der Waals surface area contributed by atoms with E-state index in [2.05, 4.69) is 23.6 Å². The van der Waals surface area contributed by atoms with E-state index in [9.17, 15) is 10.2 Å². The molecular weight excluding hydrogens is 292 g/mol. The largest absolute Gasteiger partial charge is 0.392 e. The summed E-state index contributed by atoms with van der Waals surface area (Å²) in [4.78, 5) is 4.63. The number of morpholine rings is 1. The summed E-state index contributed by atoms with van der Waals surface area (Å²) in [5, 5.41) is 20.4. The molecule has 1 heterocycles. The van der Waals surface area contributed by atoms with E-state index < -0.39 is 0 Å². The highest BCUT2D eigenvalue weighted by Gasteiger charge is 2.27. The van der Waals surface area contributed by atoms with Crippen molar-refractivity contribution in [1.29, 1.82) is 0 Å². The molecule has 0 aromatic heterocycles. The lowest BCUT2D eigenvalue weighted by molar-refractivity contribution is -0.0794. The monoisotopic (exact) mass is 328 g/mol. The van der Waals surface area contributed by atoms with Crippen LogP contribution in [0.2, 0.25) is 0 Å². The number of rotatable bonds is 7. The first-order valence-corrected chi connectivity index (χ1v) is 9.42. The Hall–Kier alpha value is -0.200. The minimum absolute atomic E-state index is 0.234. The summed E-state index contributed by atoms with van der Waals surface area (Å²) in [5.74, 6) is 0. The van der Waals surface area contributed by atoms with Crippen molar-refractivity contribution in [2.45, 2.75) is 83.3 Å². The molecule has 0 aromatic rings. The minimum Gasteiger partial charge on any atom is -0.392 e. The highest BCUT2D eigenvalue weighted by atomic mass is 16.5. The fraction of sp³-hybridized carbons (Fsp3) is 1.00. The number of hydrogen-bond acceptors (Lipinski definition) is 5. The molecule has 136 valence electrons. The number of β-amino-alcohol motifs (C(OH)–C–C–N with tert-alkyl or cyclic N) is 1. The zero-order valence-electron chi connectivity index (χ0n) is 15.2. The van der Waals surface area contributed by atoms with Gasteiger partial charge in [-0.2, -0.15) is 0 Å². The van der Waals surface area contributed by atoms with Crippen LogP contribution in [-0.2, 0) is 4.74 Å². The predicted molar refractivity (Wildman–Crippen MR) is 92.6 cm³/mol. The van der Waals surface area contributed by atoms with Gasteiger partial charge in [-0.3, -0.25) is 9.80 Å². The van der Waals surface area contributed by atoms with Crippen molar-refractivity contribution >= 4 is 0 Å². The van der Waals surface area contributed by atoms with Gasteiger partial charge in [-0.1, -0.05) is 19.3 Å². The van der Waals surface area contributed by atoms with E-state index in [1.807, 2.05) is 6.92 Å². The maximum Gasteiger partial charge on any atom is 0.0793 e. The molecule has 1 saturated carbocycles. The van der Waals surface area contributed by atoms with Crippen molar-refractivity contribution in [1.82, 2.24) is 9.80 Å². The first-order valence-electron chi connectivity index (χ1n) is 9.42. The molecule has 2 rings (SSSR count). The summed E-state index contributed by atoms with van der Waals surface area (Å²) in [6.45, 7) is 9.83. The Kier molecular flexibility index (Phi) is 7.76. The standard InChI is InChI=1S/C18H36N2O3/c1-14(21)9-20(17-7-5-4-6-8-17)13-18(22)12-19-10-15(2)23-16(3)11-19/h14-18,21-22H,4-13H2,1-3H3. The Bertz CT molecular complexity index is 324. The molecule has 0 amide bonds. The van der Waals surface area contributed by atoms with Gasteiger partial charge in [0, 0.05) is 38.8 Å². The van der Waals surface area contributed by atoms with E-state index in [0.717, 1.165) is 13.1 Å². The van der Waals surface area contributed by atoms with E-state index in [4.69, 9.17) is 4.74 Å². The van der Waals surface area contributed by atoms with Gasteiger partial charge in [0.05, 0.1) is 24.4 Å². The van der Waals surface area contributed by atoms with Crippen LogP contribution in [0, 0.1) is 0 Å². The van der Waals surface area contributed by atoms with Crippen LogP contribution in [0.15, 0.2) is 0 Å². The summed E-state index contributed by atoms with van der Waals surface area (Å²) in [7, 11) is 0. The average Bonchev–Trinajstić information content (AvgIpc) is 2.45. The molecule has 2 aliphatic rings. The predicted octanol–water partition coefficient (Wildman–Crippen LogP) is 1.47. The van der Waals surface area contributed by atoms with Gasteiger partial charge in [0.25, 0.3) is 0 Å². The van der Waals surface area contributed by atoms with Crippen LogP contribution < -0.4 is 0 Å². The van der Waals surface area contributed by atoms with Crippen LogP contribution in [0.3, 0.4) is 0 Å². The molecule has 5 heteroatoms. The summed E-state index contributed by atoms with van der Waals surface area (Å²) in [5.41, 5.74) is 0. The maximum absolute atomic E-state index is 10.6. The fourth-order valence-corrected chi connectivity index (χ4v) is 4.22. The summed E-state index contributed by atoms with van der Waals surface area (Å²) in [6.07, 6.45) is 6.03. The van der Waals surface area contributed by atoms with E-state index >= 15 is 0 Å². The van der Waals surface area contributed by atoms with Crippen molar-refractivity contribution in [3.63, 3.8) is 0 Å². The molecule has 1 aliphatic heterocycles. The van der Waals surface area contributed by atoms with Crippen molar-refractivity contribution in [3.8, 4) is 0 Å². The second kappa shape index (κ2) is 9.33. The first-order chi connectivity index (χ1) is 10.9. The van der Waals surface area contributed by atoms with Gasteiger partial charge in [-0.05, 0) is 33.6 Å². The van der Waals surface area contributed by atoms with Crippen LogP contribution in [0.5, 0.6) is 0 Å². The third-order valence-corrected chi connectivity index (χ3v) is 5.00. The first kappa shape index (κ1) is 19.1. The molecule has 1 saturated heterocycles. The molecule has 1 aliphatic carbocycles. The van der Waals surface area contributed by atoms with Crippen LogP contribution in [-0.4, -0.2) is 83.2 Å². The third kappa shape index (κ3) is 6.67. The normalized spacial score (nSPS) is 30.5. The topological polar surface area (TPSA) is 56.2 Å². The van der Waals surface area contributed by atoms with Crippen LogP contribution in [0.4, 0.5) is 0 Å². The Balaban J connectivity index is 1.84. The second-order valence-electron chi connectivity index (χ2n) is 7.72. The number of aliphatic hydroxyl groups excluding tert-OH is 2. The second-order valence-corrected chi connectivity index (χ2v) is 7.72. The summed E-state index contributed by atoms with van der Waals surface area (Å²) >= 11 is 0. The van der Waals surface area contributed by atoms with Gasteiger partial charge in [0.1, 0.15) is 0 Å². The van der Waals surface area contributed by atoms with Crippen molar-refractivity contribution in [2.24, 2.45) is 0 Å². The molecule has 2 fully saturated rings. The van der Waals surface area contributed by atoms with Crippen LogP contribution >= 0.6 is 0 Å². The molecule has 2 N–H and O–H groups in total. The molecule has 5 nitrogen and oxygen atoms in total. The Labute approximate surface area is 141 Å². The molecular formula is C18H36N2O3. The van der Waals surface area contributed by atoms with Gasteiger partial charge in [0.2, 0.25) is 0 Å². The lowest BCUT2D eigenvalue weighted by atomic mass is 9.93. The van der Waals surface area contributed by atoms with Gasteiger partial charge in [-0.25, -0.2) is 0 Å². The van der Waals surface area contributed by atoms with Gasteiger partial charge >= 0.3 is 0 Å². The minimum atomic E-state index is -0.367. The smallest absolute Gasteiger partial charge is 0.0793 e. The molecule has 0 radical (unpaired) electrons. The molecule has 23 heavy (non-hydrogen) atoms. The van der Waals surface area contributed by atoms with Crippen LogP contribution in [0.25, 0.3) is 0 Å². The highest BCUT2D eigenvalue weighted by Crippen LogP contribution is 2.23. The number of ether oxygens (including phenoxy) is 1. The third-order valence-electron chi connectivity index (χ3n) is 5.00. The molecule has 0 spiro atoms. The number of nitrogens with zero attached hydrogens (tertiary/aromatic N) is 2. The van der Waals surface area contributed by atoms with E-state index in [1.165, 1.54) is 32.1 Å². The zero-order valence-corrected chi connectivity index (χ0v) is 15.2. The fourth-order valence-electron chi connectivity index (χ4n) is 4.22. The molecule has 0 bridgehead atoms. The lowest BCUT2D eigenvalue weighted by Gasteiger charge is -2.39. The quantitative estimate of drug-likeness (QED) is 0.741. The van der Waals surface area contributed by atoms with Crippen molar-refractivity contribution in [2.75, 3.05) is 32.7 Å². The average molecular weight is 328 g/mol. The Morgan fingerprint density at radius 1 is 1.04 bits per heavy atom. The molecule has 0 aromatic carbocycles. The van der Waals surface area contributed by atoms with Gasteiger partial charge in [-0.15, -0.1) is 0 Å². The highest BCUT2D eigenvalue weighted by molar-refractivity contribution is 4.81. The van der Waals surface area contributed by atoms with Gasteiger partial charge in [0.15, 0.2) is 0 Å². The summed E-state index contributed by atoms with van der Waals surface area (Å²) < 4.78 is 5.76. The lowest BCUT2D eigenvalue weighted by Crippen LogP contribution is -2.51. The van der Waals surface area contributed by atoms with Crippen molar-refractivity contribution < 1.29 is 14.9 Å². The summed E-state index contributed by atoms with van der Waals surface area (Å²) in [6, 6.07) is 0.524. The van der Waals surface area contributed by atoms with Crippen LogP contribution in [0.1, 0.15) is 52.9 Å². The van der Waals surface area contributed by atoms with E-state index in [1.54, 1.807) is 0 Å². The maximum atomic E-state index is 10.6. The zero-order chi connectivity index (χ0) is 16.8.